The van der Waals surface area contributed by atoms with E-state index in [-0.39, 0.29) is 5.41 Å². The Hall–Kier alpha value is -1.41. The Morgan fingerprint density at radius 3 is 2.47 bits per heavy atom. The monoisotopic (exact) mass is 244 g/mol. The van der Waals surface area contributed by atoms with Crippen LogP contribution in [-0.2, 0) is 5.41 Å². The maximum atomic E-state index is 10.7. The molecule has 0 fully saturated rings. The standard InChI is InChI=1S/C15H16OS/c1-15(2,3)13-6-4-5-11(7-13)12-8-14(9-16)17-10-12/h4-10H,1-3H3. The van der Waals surface area contributed by atoms with Crippen molar-refractivity contribution in [2.45, 2.75) is 26.2 Å². The van der Waals surface area contributed by atoms with Crippen molar-refractivity contribution in [2.24, 2.45) is 0 Å². The molecule has 0 atom stereocenters. The summed E-state index contributed by atoms with van der Waals surface area (Å²) in [6.07, 6.45) is 0.905. The van der Waals surface area contributed by atoms with Gasteiger partial charge in [0.1, 0.15) is 0 Å². The number of thiophene rings is 1. The molecule has 0 bridgehead atoms. The van der Waals surface area contributed by atoms with E-state index in [1.807, 2.05) is 11.4 Å². The predicted octanol–water partition coefficient (Wildman–Crippen LogP) is 4.53. The van der Waals surface area contributed by atoms with Gasteiger partial charge in [0.2, 0.25) is 0 Å². The molecule has 1 nitrogen and oxygen atoms in total. The van der Waals surface area contributed by atoms with Crippen molar-refractivity contribution in [1.82, 2.24) is 0 Å². The first kappa shape index (κ1) is 12.1. The van der Waals surface area contributed by atoms with Crippen molar-refractivity contribution in [3.8, 4) is 11.1 Å². The maximum absolute atomic E-state index is 10.7. The molecule has 0 aliphatic rings. The molecular weight excluding hydrogens is 228 g/mol. The number of hydrogen-bond donors (Lipinski definition) is 0. The molecule has 0 amide bonds. The van der Waals surface area contributed by atoms with Gasteiger partial charge in [-0.3, -0.25) is 4.79 Å². The zero-order valence-electron chi connectivity index (χ0n) is 10.4. The Balaban J connectivity index is 2.42. The summed E-state index contributed by atoms with van der Waals surface area (Å²) in [5.41, 5.74) is 3.78. The van der Waals surface area contributed by atoms with Crippen molar-refractivity contribution in [2.75, 3.05) is 0 Å². The molecule has 1 aromatic heterocycles. The van der Waals surface area contributed by atoms with Crippen molar-refractivity contribution in [1.29, 1.82) is 0 Å². The predicted molar refractivity (Wildman–Crippen MR) is 73.8 cm³/mol. The molecule has 0 aliphatic heterocycles. The van der Waals surface area contributed by atoms with E-state index in [1.54, 1.807) is 0 Å². The average molecular weight is 244 g/mol. The molecule has 2 rings (SSSR count). The minimum atomic E-state index is 0.152. The van der Waals surface area contributed by atoms with Crippen LogP contribution in [0.2, 0.25) is 0 Å². The van der Waals surface area contributed by atoms with E-state index >= 15 is 0 Å². The first-order valence-electron chi connectivity index (χ1n) is 5.65. The SMILES string of the molecule is CC(C)(C)c1cccc(-c2csc(C=O)c2)c1. The summed E-state index contributed by atoms with van der Waals surface area (Å²) < 4.78 is 0. The molecule has 0 saturated carbocycles. The Bertz CT molecular complexity index is 532. The van der Waals surface area contributed by atoms with Crippen LogP contribution >= 0.6 is 11.3 Å². The molecular formula is C15H16OS. The minimum absolute atomic E-state index is 0.152. The van der Waals surface area contributed by atoms with Crippen LogP contribution in [0.3, 0.4) is 0 Å². The number of hydrogen-bond acceptors (Lipinski definition) is 2. The number of aldehydes is 1. The van der Waals surface area contributed by atoms with Gasteiger partial charge in [-0.05, 0) is 33.6 Å². The Labute approximate surface area is 106 Å². The first-order valence-corrected chi connectivity index (χ1v) is 6.53. The van der Waals surface area contributed by atoms with E-state index < -0.39 is 0 Å². The molecule has 2 aromatic rings. The summed E-state index contributed by atoms with van der Waals surface area (Å²) in [6.45, 7) is 6.61. The Kier molecular flexibility index (Phi) is 3.16. The van der Waals surface area contributed by atoms with Gasteiger partial charge in [0, 0.05) is 0 Å². The van der Waals surface area contributed by atoms with Crippen LogP contribution in [0.1, 0.15) is 36.0 Å². The van der Waals surface area contributed by atoms with Gasteiger partial charge in [-0.1, -0.05) is 45.0 Å². The average Bonchev–Trinajstić information content (AvgIpc) is 2.76. The van der Waals surface area contributed by atoms with E-state index in [2.05, 4.69) is 45.0 Å². The number of carbonyl (C=O) groups is 1. The van der Waals surface area contributed by atoms with Crippen LogP contribution < -0.4 is 0 Å². The van der Waals surface area contributed by atoms with Crippen LogP contribution in [-0.4, -0.2) is 6.29 Å². The maximum Gasteiger partial charge on any atom is 0.160 e. The van der Waals surface area contributed by atoms with Gasteiger partial charge < -0.3 is 0 Å². The van der Waals surface area contributed by atoms with E-state index in [1.165, 1.54) is 22.5 Å². The largest absolute Gasteiger partial charge is 0.297 e. The van der Waals surface area contributed by atoms with E-state index in [4.69, 9.17) is 0 Å². The second-order valence-electron chi connectivity index (χ2n) is 5.19. The fourth-order valence-electron chi connectivity index (χ4n) is 1.73. The van der Waals surface area contributed by atoms with E-state index in [0.717, 1.165) is 16.7 Å². The molecule has 0 unspecified atom stereocenters. The van der Waals surface area contributed by atoms with E-state index in [0.29, 0.717) is 0 Å². The van der Waals surface area contributed by atoms with Gasteiger partial charge >= 0.3 is 0 Å². The molecule has 0 N–H and O–H groups in total. The summed E-state index contributed by atoms with van der Waals surface area (Å²) in [6, 6.07) is 10.5. The van der Waals surface area contributed by atoms with Crippen molar-refractivity contribution < 1.29 is 4.79 Å². The van der Waals surface area contributed by atoms with Crippen LogP contribution in [0.5, 0.6) is 0 Å². The molecule has 1 heterocycles. The Morgan fingerprint density at radius 1 is 1.12 bits per heavy atom. The fourth-order valence-corrected chi connectivity index (χ4v) is 2.45. The lowest BCUT2D eigenvalue weighted by Gasteiger charge is -2.19. The quantitative estimate of drug-likeness (QED) is 0.710. The number of benzene rings is 1. The van der Waals surface area contributed by atoms with Gasteiger partial charge in [0.25, 0.3) is 0 Å². The molecule has 17 heavy (non-hydrogen) atoms. The van der Waals surface area contributed by atoms with Crippen LogP contribution in [0.15, 0.2) is 35.7 Å². The lowest BCUT2D eigenvalue weighted by molar-refractivity contribution is 0.112. The van der Waals surface area contributed by atoms with Gasteiger partial charge in [0.05, 0.1) is 4.88 Å². The third-order valence-electron chi connectivity index (χ3n) is 2.80. The Morgan fingerprint density at radius 2 is 1.88 bits per heavy atom. The smallest absolute Gasteiger partial charge is 0.160 e. The molecule has 88 valence electrons. The van der Waals surface area contributed by atoms with Gasteiger partial charge in [0.15, 0.2) is 6.29 Å². The zero-order chi connectivity index (χ0) is 12.5. The molecule has 1 aromatic carbocycles. The van der Waals surface area contributed by atoms with Gasteiger partial charge in [-0.25, -0.2) is 0 Å². The molecule has 0 spiro atoms. The second-order valence-corrected chi connectivity index (χ2v) is 6.13. The molecule has 0 saturated heterocycles. The molecule has 2 heteroatoms. The number of rotatable bonds is 2. The highest BCUT2D eigenvalue weighted by Crippen LogP contribution is 2.29. The van der Waals surface area contributed by atoms with Crippen molar-refractivity contribution in [3.05, 3.63) is 46.2 Å². The fraction of sp³-hybridized carbons (Fsp3) is 0.267. The molecule has 0 radical (unpaired) electrons. The third-order valence-corrected chi connectivity index (χ3v) is 3.66. The van der Waals surface area contributed by atoms with Crippen LogP contribution in [0.25, 0.3) is 11.1 Å². The van der Waals surface area contributed by atoms with E-state index in [9.17, 15) is 4.79 Å². The lowest BCUT2D eigenvalue weighted by atomic mass is 9.86. The van der Waals surface area contributed by atoms with Gasteiger partial charge in [-0.2, -0.15) is 0 Å². The lowest BCUT2D eigenvalue weighted by Crippen LogP contribution is -2.10. The van der Waals surface area contributed by atoms with Crippen molar-refractivity contribution in [3.63, 3.8) is 0 Å². The summed E-state index contributed by atoms with van der Waals surface area (Å²) in [4.78, 5) is 11.5. The second kappa shape index (κ2) is 4.46. The van der Waals surface area contributed by atoms with Crippen LogP contribution in [0.4, 0.5) is 0 Å². The normalized spacial score (nSPS) is 11.5. The molecule has 0 aliphatic carbocycles. The topological polar surface area (TPSA) is 17.1 Å². The van der Waals surface area contributed by atoms with Crippen molar-refractivity contribution >= 4 is 17.6 Å². The summed E-state index contributed by atoms with van der Waals surface area (Å²) in [7, 11) is 0. The third kappa shape index (κ3) is 2.64. The first-order chi connectivity index (χ1) is 8.00. The number of carbonyl (C=O) groups excluding carboxylic acids is 1. The summed E-state index contributed by atoms with van der Waals surface area (Å²) >= 11 is 1.49. The van der Waals surface area contributed by atoms with Crippen LogP contribution in [0, 0.1) is 0 Å². The summed E-state index contributed by atoms with van der Waals surface area (Å²) in [5.74, 6) is 0. The highest BCUT2D eigenvalue weighted by atomic mass is 32.1. The highest BCUT2D eigenvalue weighted by Gasteiger charge is 2.14. The summed E-state index contributed by atoms with van der Waals surface area (Å²) in [5, 5.41) is 2.03. The minimum Gasteiger partial charge on any atom is -0.297 e. The highest BCUT2D eigenvalue weighted by molar-refractivity contribution is 7.12. The van der Waals surface area contributed by atoms with Gasteiger partial charge in [-0.15, -0.1) is 11.3 Å². The zero-order valence-corrected chi connectivity index (χ0v) is 11.2.